The largest absolute Gasteiger partial charge is 0.494 e. The van der Waals surface area contributed by atoms with Gasteiger partial charge in [0.15, 0.2) is 0 Å². The van der Waals surface area contributed by atoms with Gasteiger partial charge in [-0.3, -0.25) is 9.59 Å². The molecular formula is C21H26N6O3. The minimum absolute atomic E-state index is 0.00746. The number of hydrogen-bond acceptors (Lipinski definition) is 7. The van der Waals surface area contributed by atoms with Gasteiger partial charge in [0, 0.05) is 25.2 Å². The number of nitrogens with zero attached hydrogens (tertiary/aromatic N) is 3. The van der Waals surface area contributed by atoms with E-state index in [2.05, 4.69) is 25.5 Å². The molecule has 9 nitrogen and oxygen atoms in total. The Morgan fingerprint density at radius 3 is 2.67 bits per heavy atom. The van der Waals surface area contributed by atoms with Gasteiger partial charge in [0.25, 0.3) is 0 Å². The third-order valence-corrected chi connectivity index (χ3v) is 5.35. The van der Waals surface area contributed by atoms with Crippen LogP contribution in [0.1, 0.15) is 44.1 Å². The Hall–Kier alpha value is -3.36. The Morgan fingerprint density at radius 2 is 1.97 bits per heavy atom. The molecule has 3 heterocycles. The lowest BCUT2D eigenvalue weighted by Gasteiger charge is -2.30. The highest BCUT2D eigenvalue weighted by molar-refractivity contribution is 6.05. The van der Waals surface area contributed by atoms with Crippen molar-refractivity contribution in [3.63, 3.8) is 0 Å². The summed E-state index contributed by atoms with van der Waals surface area (Å²) in [5, 5.41) is 5.61. The topological polar surface area (TPSA) is 122 Å². The van der Waals surface area contributed by atoms with E-state index in [4.69, 9.17) is 10.5 Å². The molecule has 2 aliphatic heterocycles. The lowest BCUT2D eigenvalue weighted by Crippen LogP contribution is -2.35. The highest BCUT2D eigenvalue weighted by Gasteiger charge is 2.35. The second-order valence-electron chi connectivity index (χ2n) is 7.47. The second-order valence-corrected chi connectivity index (χ2v) is 7.47. The van der Waals surface area contributed by atoms with Gasteiger partial charge in [0.2, 0.25) is 17.8 Å². The maximum absolute atomic E-state index is 13.0. The first-order chi connectivity index (χ1) is 14.5. The predicted octanol–water partition coefficient (Wildman–Crippen LogP) is 2.51. The van der Waals surface area contributed by atoms with Crippen LogP contribution >= 0.6 is 0 Å². The van der Waals surface area contributed by atoms with Gasteiger partial charge < -0.3 is 26.0 Å². The van der Waals surface area contributed by atoms with Crippen LogP contribution in [0.3, 0.4) is 0 Å². The van der Waals surface area contributed by atoms with Crippen molar-refractivity contribution in [2.45, 2.75) is 38.5 Å². The van der Waals surface area contributed by atoms with E-state index in [9.17, 15) is 9.59 Å². The summed E-state index contributed by atoms with van der Waals surface area (Å²) < 4.78 is 5.42. The standard InChI is InChI=1S/C21H26N6O3/c1-2-30-14-8-6-13(7-9-14)23-20(29)15-12-16(28)24-19-17(15)18(22)25-21(26-19)27-10-4-3-5-11-27/h6-9,15H,2-5,10-12H2,1H3,(H,23,29)(H3,22,24,25,26,28)/t15-/m1/s1. The molecule has 158 valence electrons. The highest BCUT2D eigenvalue weighted by Crippen LogP contribution is 2.37. The lowest BCUT2D eigenvalue weighted by molar-refractivity contribution is -0.123. The number of fused-ring (bicyclic) bond motifs is 1. The lowest BCUT2D eigenvalue weighted by atomic mass is 9.92. The SMILES string of the molecule is CCOc1ccc(NC(=O)[C@@H]2CC(=O)Nc3nc(N4CCCCC4)nc(N)c32)cc1. The number of nitrogens with two attached hydrogens (primary N) is 1. The summed E-state index contributed by atoms with van der Waals surface area (Å²) in [7, 11) is 0. The predicted molar refractivity (Wildman–Crippen MR) is 115 cm³/mol. The molecule has 2 aromatic rings. The Kier molecular flexibility index (Phi) is 5.69. The van der Waals surface area contributed by atoms with Crippen molar-refractivity contribution in [2.24, 2.45) is 0 Å². The molecule has 0 unspecified atom stereocenters. The molecule has 0 bridgehead atoms. The van der Waals surface area contributed by atoms with Crippen LogP contribution in [-0.4, -0.2) is 41.5 Å². The van der Waals surface area contributed by atoms with E-state index < -0.39 is 5.92 Å². The number of amides is 2. The van der Waals surface area contributed by atoms with Crippen molar-refractivity contribution in [3.8, 4) is 5.75 Å². The summed E-state index contributed by atoms with van der Waals surface area (Å²) >= 11 is 0. The molecule has 1 atom stereocenters. The van der Waals surface area contributed by atoms with E-state index >= 15 is 0 Å². The third kappa shape index (κ3) is 4.14. The molecule has 0 saturated carbocycles. The number of hydrogen-bond donors (Lipinski definition) is 3. The zero-order chi connectivity index (χ0) is 21.1. The van der Waals surface area contributed by atoms with Crippen LogP contribution in [0.4, 0.5) is 23.3 Å². The fraction of sp³-hybridized carbons (Fsp3) is 0.429. The zero-order valence-electron chi connectivity index (χ0n) is 17.0. The molecule has 2 aliphatic rings. The number of benzene rings is 1. The van der Waals surface area contributed by atoms with Gasteiger partial charge in [-0.1, -0.05) is 0 Å². The molecule has 30 heavy (non-hydrogen) atoms. The second kappa shape index (κ2) is 8.56. The van der Waals surface area contributed by atoms with Crippen molar-refractivity contribution in [2.75, 3.05) is 41.0 Å². The zero-order valence-corrected chi connectivity index (χ0v) is 17.0. The minimum Gasteiger partial charge on any atom is -0.494 e. The summed E-state index contributed by atoms with van der Waals surface area (Å²) in [6, 6.07) is 7.07. The first-order valence-electron chi connectivity index (χ1n) is 10.3. The number of nitrogen functional groups attached to an aromatic ring is 1. The van der Waals surface area contributed by atoms with Gasteiger partial charge in [0.1, 0.15) is 17.4 Å². The smallest absolute Gasteiger partial charge is 0.232 e. The van der Waals surface area contributed by atoms with Gasteiger partial charge in [0.05, 0.1) is 18.1 Å². The highest BCUT2D eigenvalue weighted by atomic mass is 16.5. The molecule has 4 rings (SSSR count). The van der Waals surface area contributed by atoms with Crippen molar-refractivity contribution < 1.29 is 14.3 Å². The number of anilines is 4. The van der Waals surface area contributed by atoms with E-state index in [1.54, 1.807) is 24.3 Å². The molecule has 4 N–H and O–H groups in total. The number of rotatable bonds is 5. The molecule has 9 heteroatoms. The number of ether oxygens (including phenoxy) is 1. The van der Waals surface area contributed by atoms with Crippen LogP contribution in [0.25, 0.3) is 0 Å². The van der Waals surface area contributed by atoms with E-state index in [0.717, 1.165) is 31.7 Å². The quantitative estimate of drug-likeness (QED) is 0.692. The van der Waals surface area contributed by atoms with Gasteiger partial charge in [-0.15, -0.1) is 0 Å². The summed E-state index contributed by atoms with van der Waals surface area (Å²) in [6.07, 6.45) is 3.31. The summed E-state index contributed by atoms with van der Waals surface area (Å²) in [6.45, 7) is 4.18. The van der Waals surface area contributed by atoms with E-state index in [0.29, 0.717) is 29.6 Å². The van der Waals surface area contributed by atoms with E-state index in [1.165, 1.54) is 6.42 Å². The molecule has 0 radical (unpaired) electrons. The Balaban J connectivity index is 1.57. The summed E-state index contributed by atoms with van der Waals surface area (Å²) in [5.74, 6) is 0.433. The first kappa shape index (κ1) is 19.9. The third-order valence-electron chi connectivity index (χ3n) is 5.35. The van der Waals surface area contributed by atoms with Crippen molar-refractivity contribution >= 4 is 35.1 Å². The average molecular weight is 410 g/mol. The summed E-state index contributed by atoms with van der Waals surface area (Å²) in [4.78, 5) is 36.3. The van der Waals surface area contributed by atoms with Crippen LogP contribution in [0.15, 0.2) is 24.3 Å². The van der Waals surface area contributed by atoms with E-state index in [1.807, 2.05) is 6.92 Å². The normalized spacial score (nSPS) is 18.4. The molecule has 1 fully saturated rings. The Morgan fingerprint density at radius 1 is 1.23 bits per heavy atom. The number of piperidine rings is 1. The molecule has 0 aliphatic carbocycles. The Bertz CT molecular complexity index is 941. The van der Waals surface area contributed by atoms with Crippen molar-refractivity contribution in [1.82, 2.24) is 9.97 Å². The average Bonchev–Trinajstić information content (AvgIpc) is 2.75. The maximum Gasteiger partial charge on any atom is 0.232 e. The first-order valence-corrected chi connectivity index (χ1v) is 10.3. The molecule has 0 spiro atoms. The van der Waals surface area contributed by atoms with Gasteiger partial charge in [-0.05, 0) is 50.5 Å². The van der Waals surface area contributed by atoms with Gasteiger partial charge in [-0.25, -0.2) is 0 Å². The Labute approximate surface area is 175 Å². The van der Waals surface area contributed by atoms with Crippen molar-refractivity contribution in [1.29, 1.82) is 0 Å². The van der Waals surface area contributed by atoms with Crippen LogP contribution in [0.2, 0.25) is 0 Å². The maximum atomic E-state index is 13.0. The number of nitrogens with one attached hydrogen (secondary N) is 2. The number of carbonyl (C=O) groups is 2. The fourth-order valence-electron chi connectivity index (χ4n) is 3.87. The molecule has 1 saturated heterocycles. The van der Waals surface area contributed by atoms with Crippen LogP contribution in [0.5, 0.6) is 5.75 Å². The van der Waals surface area contributed by atoms with E-state index in [-0.39, 0.29) is 24.1 Å². The van der Waals surface area contributed by atoms with Crippen molar-refractivity contribution in [3.05, 3.63) is 29.8 Å². The monoisotopic (exact) mass is 410 g/mol. The minimum atomic E-state index is -0.754. The number of carbonyl (C=O) groups excluding carboxylic acids is 2. The molecular weight excluding hydrogens is 384 g/mol. The van der Waals surface area contributed by atoms with Gasteiger partial charge >= 0.3 is 0 Å². The fourth-order valence-corrected chi connectivity index (χ4v) is 3.87. The summed E-state index contributed by atoms with van der Waals surface area (Å²) in [5.41, 5.74) is 7.33. The molecule has 1 aromatic carbocycles. The van der Waals surface area contributed by atoms with Crippen LogP contribution < -0.4 is 26.0 Å². The van der Waals surface area contributed by atoms with Crippen LogP contribution in [-0.2, 0) is 9.59 Å². The number of aromatic nitrogens is 2. The molecule has 2 amide bonds. The van der Waals surface area contributed by atoms with Crippen LogP contribution in [0, 0.1) is 0 Å². The van der Waals surface area contributed by atoms with Gasteiger partial charge in [-0.2, -0.15) is 9.97 Å². The molecule has 1 aromatic heterocycles.